The van der Waals surface area contributed by atoms with Crippen LogP contribution in [0.15, 0.2) is 24.4 Å². The van der Waals surface area contributed by atoms with Gasteiger partial charge in [0, 0.05) is 29.0 Å². The minimum atomic E-state index is -0.574. The number of carbonyl (C=O) groups is 2. The van der Waals surface area contributed by atoms with E-state index in [0.29, 0.717) is 16.8 Å². The van der Waals surface area contributed by atoms with Gasteiger partial charge >= 0.3 is 5.91 Å². The van der Waals surface area contributed by atoms with Gasteiger partial charge in [-0.2, -0.15) is 4.98 Å². The third-order valence-electron chi connectivity index (χ3n) is 8.20. The second kappa shape index (κ2) is 7.91. The Labute approximate surface area is 201 Å². The number of nitrogens with two attached hydrogens (primary N) is 1. The van der Waals surface area contributed by atoms with E-state index in [9.17, 15) is 14.0 Å². The summed E-state index contributed by atoms with van der Waals surface area (Å²) in [6.07, 6.45) is 3.68. The van der Waals surface area contributed by atoms with Crippen molar-refractivity contribution in [1.82, 2.24) is 9.97 Å². The Morgan fingerprint density at radius 3 is 2.97 bits per heavy atom. The van der Waals surface area contributed by atoms with Gasteiger partial charge in [0.15, 0.2) is 11.6 Å². The quantitative estimate of drug-likeness (QED) is 0.535. The third kappa shape index (κ3) is 3.54. The van der Waals surface area contributed by atoms with Gasteiger partial charge in [0.2, 0.25) is 11.9 Å². The Kier molecular flexibility index (Phi) is 5.07. The van der Waals surface area contributed by atoms with Crippen molar-refractivity contribution < 1.29 is 18.5 Å². The van der Waals surface area contributed by atoms with E-state index in [4.69, 9.17) is 5.73 Å². The number of nitrogens with zero attached hydrogens (tertiary/aromatic N) is 3. The Balaban J connectivity index is 1.41. The molecule has 34 heavy (non-hydrogen) atoms. The first-order valence-corrected chi connectivity index (χ1v) is 12.8. The lowest BCUT2D eigenvalue weighted by molar-refractivity contribution is -0.849. The zero-order valence-corrected chi connectivity index (χ0v) is 19.8. The van der Waals surface area contributed by atoms with Crippen LogP contribution in [-0.2, 0) is 22.6 Å². The summed E-state index contributed by atoms with van der Waals surface area (Å²) >= 11 is 1.68. The smallest absolute Gasteiger partial charge is 0.323 e. The van der Waals surface area contributed by atoms with Crippen molar-refractivity contribution in [2.45, 2.75) is 37.1 Å². The number of thioether (sulfide) groups is 1. The summed E-state index contributed by atoms with van der Waals surface area (Å²) in [6.45, 7) is 1.43. The summed E-state index contributed by atoms with van der Waals surface area (Å²) in [5.41, 5.74) is 8.94. The first kappa shape index (κ1) is 21.8. The number of halogens is 1. The molecule has 10 heteroatoms. The van der Waals surface area contributed by atoms with Crippen molar-refractivity contribution in [1.29, 1.82) is 0 Å². The van der Waals surface area contributed by atoms with Crippen molar-refractivity contribution in [3.8, 4) is 0 Å². The fourth-order valence-corrected chi connectivity index (χ4v) is 7.96. The lowest BCUT2D eigenvalue weighted by Gasteiger charge is -2.38. The van der Waals surface area contributed by atoms with Gasteiger partial charge in [-0.1, -0.05) is 6.07 Å². The van der Waals surface area contributed by atoms with Crippen LogP contribution in [0.4, 0.5) is 21.8 Å². The maximum Gasteiger partial charge on any atom is 0.323 e. The molecule has 2 amide bonds. The number of likely N-dealkylation sites (N-methyl/N-ethyl adjacent to an activating group) is 1. The van der Waals surface area contributed by atoms with E-state index in [1.807, 2.05) is 19.2 Å². The Morgan fingerprint density at radius 2 is 2.15 bits per heavy atom. The summed E-state index contributed by atoms with van der Waals surface area (Å²) in [6, 6.07) is 5.74. The van der Waals surface area contributed by atoms with E-state index in [2.05, 4.69) is 26.7 Å². The SMILES string of the molecule is C[N+]12CCc3ccc(cc3C1)Nc1ncc(F)c(n1)NC1C3CC(CC3SCC2=O)C1C(N)=O. The molecular weight excluding hydrogens is 455 g/mol. The molecule has 2 aliphatic carbocycles. The number of benzene rings is 1. The molecule has 6 rings (SSSR count). The second-order valence-electron chi connectivity index (χ2n) is 10.3. The summed E-state index contributed by atoms with van der Waals surface area (Å²) in [7, 11) is 2.03. The normalized spacial score (nSPS) is 33.9. The van der Waals surface area contributed by atoms with Crippen LogP contribution in [0.2, 0.25) is 0 Å². The molecule has 4 aliphatic rings. The average molecular weight is 484 g/mol. The molecule has 1 aromatic carbocycles. The molecule has 2 aromatic rings. The van der Waals surface area contributed by atoms with E-state index in [1.54, 1.807) is 11.8 Å². The first-order chi connectivity index (χ1) is 16.3. The van der Waals surface area contributed by atoms with E-state index < -0.39 is 5.82 Å². The van der Waals surface area contributed by atoms with Crippen LogP contribution in [0.3, 0.4) is 0 Å². The molecule has 6 atom stereocenters. The highest BCUT2D eigenvalue weighted by molar-refractivity contribution is 8.00. The maximum atomic E-state index is 14.7. The molecule has 4 N–H and O–H groups in total. The van der Waals surface area contributed by atoms with Gasteiger partial charge in [-0.05, 0) is 42.4 Å². The Bertz CT molecular complexity index is 1190. The summed E-state index contributed by atoms with van der Waals surface area (Å²) in [4.78, 5) is 34.2. The monoisotopic (exact) mass is 483 g/mol. The number of nitrogens with one attached hydrogen (secondary N) is 2. The van der Waals surface area contributed by atoms with Gasteiger partial charge in [0.05, 0.1) is 25.7 Å². The first-order valence-electron chi connectivity index (χ1n) is 11.8. The van der Waals surface area contributed by atoms with Crippen molar-refractivity contribution in [3.05, 3.63) is 41.3 Å². The van der Waals surface area contributed by atoms with Crippen molar-refractivity contribution in [3.63, 3.8) is 0 Å². The molecule has 1 aromatic heterocycles. The van der Waals surface area contributed by atoms with Gasteiger partial charge in [-0.15, -0.1) is 11.8 Å². The lowest BCUT2D eigenvalue weighted by atomic mass is 9.83. The van der Waals surface area contributed by atoms with Gasteiger partial charge in [0.1, 0.15) is 12.3 Å². The molecular formula is C24H28FN6O2S+. The van der Waals surface area contributed by atoms with Crippen LogP contribution in [0.5, 0.6) is 0 Å². The summed E-state index contributed by atoms with van der Waals surface area (Å²) in [5, 5.41) is 6.60. The van der Waals surface area contributed by atoms with Crippen LogP contribution >= 0.6 is 11.8 Å². The fourth-order valence-electron chi connectivity index (χ4n) is 6.38. The second-order valence-corrected chi connectivity index (χ2v) is 11.5. The van der Waals surface area contributed by atoms with Crippen LogP contribution in [0.25, 0.3) is 0 Å². The lowest BCUT2D eigenvalue weighted by Crippen LogP contribution is -2.53. The van der Waals surface area contributed by atoms with Gasteiger partial charge in [-0.3, -0.25) is 9.28 Å². The van der Waals surface area contributed by atoms with E-state index in [1.165, 1.54) is 5.56 Å². The molecule has 7 bridgehead atoms. The number of quaternary nitrogens is 1. The zero-order chi connectivity index (χ0) is 23.6. The molecule has 2 fully saturated rings. The molecule has 2 aliphatic heterocycles. The molecule has 178 valence electrons. The molecule has 0 saturated heterocycles. The zero-order valence-electron chi connectivity index (χ0n) is 19.0. The number of rotatable bonds is 1. The predicted molar refractivity (Wildman–Crippen MR) is 128 cm³/mol. The molecule has 6 unspecified atom stereocenters. The highest BCUT2D eigenvalue weighted by Crippen LogP contribution is 2.53. The van der Waals surface area contributed by atoms with E-state index in [-0.39, 0.29) is 52.6 Å². The molecule has 8 nitrogen and oxygen atoms in total. The van der Waals surface area contributed by atoms with Crippen molar-refractivity contribution >= 4 is 41.0 Å². The highest BCUT2D eigenvalue weighted by Gasteiger charge is 2.55. The highest BCUT2D eigenvalue weighted by atomic mass is 32.2. The van der Waals surface area contributed by atoms with E-state index >= 15 is 0 Å². The van der Waals surface area contributed by atoms with Crippen LogP contribution in [-0.4, -0.2) is 56.9 Å². The topological polar surface area (TPSA) is 110 Å². The predicted octanol–water partition coefficient (Wildman–Crippen LogP) is 2.43. The van der Waals surface area contributed by atoms with Gasteiger partial charge in [-0.25, -0.2) is 14.2 Å². The largest absolute Gasteiger partial charge is 0.369 e. The third-order valence-corrected chi connectivity index (χ3v) is 9.58. The number of fused-ring (bicyclic) bond motifs is 5. The Hall–Kier alpha value is -2.72. The number of aromatic nitrogens is 2. The number of hydrogen-bond acceptors (Lipinski definition) is 7. The van der Waals surface area contributed by atoms with E-state index in [0.717, 1.165) is 43.3 Å². The average Bonchev–Trinajstić information content (AvgIpc) is 3.37. The number of hydrogen-bond donors (Lipinski definition) is 3. The Morgan fingerprint density at radius 1 is 1.29 bits per heavy atom. The maximum absolute atomic E-state index is 14.7. The summed E-state index contributed by atoms with van der Waals surface area (Å²) in [5.74, 6) is -0.0940. The summed E-state index contributed by atoms with van der Waals surface area (Å²) < 4.78 is 15.1. The minimum Gasteiger partial charge on any atom is -0.369 e. The fraction of sp³-hybridized carbons (Fsp3) is 0.500. The van der Waals surface area contributed by atoms with Crippen molar-refractivity contribution in [2.75, 3.05) is 30.0 Å². The van der Waals surface area contributed by atoms with Gasteiger partial charge in [0.25, 0.3) is 0 Å². The van der Waals surface area contributed by atoms with Gasteiger partial charge < -0.3 is 16.4 Å². The van der Waals surface area contributed by atoms with Crippen LogP contribution < -0.4 is 16.4 Å². The number of primary amides is 1. The molecule has 0 radical (unpaired) electrons. The molecule has 0 spiro atoms. The number of carbonyl (C=O) groups excluding carboxylic acids is 2. The van der Waals surface area contributed by atoms with Crippen molar-refractivity contribution in [2.24, 2.45) is 23.5 Å². The van der Waals surface area contributed by atoms with Crippen LogP contribution in [0, 0.1) is 23.6 Å². The minimum absolute atomic E-state index is 0.0652. The molecule has 2 saturated carbocycles. The standard InChI is InChI=1S/C24H27FN6O2S/c1-31-5-4-12-2-3-15(6-14(12)10-31)28-24-27-9-17(25)23(30-24)29-21-16-7-13(20(21)22(26)33)8-18(16)34-11-19(31)32/h2-3,6,9,13,16,18,20-21H,4-5,7-8,10-11H2,1H3,(H3-,26,27,28,29,30,33)/p+1. The number of amides is 2. The van der Waals surface area contributed by atoms with Crippen LogP contribution in [0.1, 0.15) is 24.0 Å². The molecule has 3 heterocycles. The number of anilines is 3.